The first kappa shape index (κ1) is 14.5. The Labute approximate surface area is 83.1 Å². The second kappa shape index (κ2) is 4.59. The van der Waals surface area contributed by atoms with Crippen LogP contribution in [0.15, 0.2) is 0 Å². The van der Waals surface area contributed by atoms with Crippen LogP contribution in [0, 0.1) is 0 Å². The quantitative estimate of drug-likeness (QED) is 0.587. The topological polar surface area (TPSA) is 20.2 Å². The number of hydrogen-bond acceptors (Lipinski definition) is 1. The van der Waals surface area contributed by atoms with Crippen molar-refractivity contribution in [3.8, 4) is 0 Å². The lowest BCUT2D eigenvalue weighted by Gasteiger charge is -2.32. The molecule has 0 saturated carbocycles. The van der Waals surface area contributed by atoms with Crippen molar-refractivity contribution < 1.29 is 31.4 Å². The SMILES string of the molecule is CCCCCC(O)(C(F)(F)F)C(F)(F)F. The van der Waals surface area contributed by atoms with Gasteiger partial charge in [-0.3, -0.25) is 0 Å². The summed E-state index contributed by atoms with van der Waals surface area (Å²) < 4.78 is 72.3. The van der Waals surface area contributed by atoms with E-state index in [1.54, 1.807) is 6.92 Å². The van der Waals surface area contributed by atoms with Crippen molar-refractivity contribution in [2.45, 2.75) is 50.6 Å². The van der Waals surface area contributed by atoms with Crippen LogP contribution in [0.1, 0.15) is 32.6 Å². The van der Waals surface area contributed by atoms with E-state index in [9.17, 15) is 26.3 Å². The maximum Gasteiger partial charge on any atom is 0.426 e. The van der Waals surface area contributed by atoms with Crippen LogP contribution in [-0.4, -0.2) is 23.1 Å². The van der Waals surface area contributed by atoms with Gasteiger partial charge in [0.2, 0.25) is 0 Å². The number of unbranched alkanes of at least 4 members (excludes halogenated alkanes) is 2. The molecule has 0 rings (SSSR count). The fourth-order valence-corrected chi connectivity index (χ4v) is 1.08. The third-order valence-electron chi connectivity index (χ3n) is 2.08. The normalized spacial score (nSPS) is 14.4. The molecule has 0 atom stereocenters. The summed E-state index contributed by atoms with van der Waals surface area (Å²) in [5.74, 6) is 0. The predicted octanol–water partition coefficient (Wildman–Crippen LogP) is 3.42. The van der Waals surface area contributed by atoms with E-state index >= 15 is 0 Å². The fourth-order valence-electron chi connectivity index (χ4n) is 1.08. The Balaban J connectivity index is 4.74. The van der Waals surface area contributed by atoms with E-state index in [2.05, 4.69) is 0 Å². The van der Waals surface area contributed by atoms with Crippen molar-refractivity contribution in [3.05, 3.63) is 0 Å². The Hall–Kier alpha value is -0.460. The summed E-state index contributed by atoms with van der Waals surface area (Å²) in [5.41, 5.74) is -4.57. The van der Waals surface area contributed by atoms with Gasteiger partial charge in [-0.15, -0.1) is 0 Å². The molecule has 0 radical (unpaired) electrons. The van der Waals surface area contributed by atoms with Crippen molar-refractivity contribution in [1.82, 2.24) is 0 Å². The zero-order valence-corrected chi connectivity index (χ0v) is 8.04. The minimum absolute atomic E-state index is 0.217. The van der Waals surface area contributed by atoms with Crippen molar-refractivity contribution >= 4 is 0 Å². The molecule has 0 aliphatic rings. The summed E-state index contributed by atoms with van der Waals surface area (Å²) in [7, 11) is 0. The fraction of sp³-hybridized carbons (Fsp3) is 1.00. The van der Waals surface area contributed by atoms with Crippen molar-refractivity contribution in [1.29, 1.82) is 0 Å². The van der Waals surface area contributed by atoms with E-state index in [0.29, 0.717) is 6.42 Å². The lowest BCUT2D eigenvalue weighted by molar-refractivity contribution is -0.370. The lowest BCUT2D eigenvalue weighted by atomic mass is 9.95. The average Bonchev–Trinajstić information content (AvgIpc) is 2.00. The zero-order valence-electron chi connectivity index (χ0n) is 8.04. The Morgan fingerprint density at radius 1 is 0.867 bits per heavy atom. The summed E-state index contributed by atoms with van der Waals surface area (Å²) in [4.78, 5) is 0. The first-order chi connectivity index (χ1) is 6.56. The van der Waals surface area contributed by atoms with E-state index in [-0.39, 0.29) is 12.8 Å². The van der Waals surface area contributed by atoms with Crippen LogP contribution in [0.4, 0.5) is 26.3 Å². The van der Waals surface area contributed by atoms with E-state index in [4.69, 9.17) is 5.11 Å². The van der Waals surface area contributed by atoms with Crippen LogP contribution in [0.3, 0.4) is 0 Å². The number of halogens is 6. The summed E-state index contributed by atoms with van der Waals surface area (Å²) in [5, 5.41) is 8.66. The molecule has 0 amide bonds. The van der Waals surface area contributed by atoms with Gasteiger partial charge in [-0.1, -0.05) is 19.8 Å². The van der Waals surface area contributed by atoms with Crippen molar-refractivity contribution in [2.75, 3.05) is 0 Å². The van der Waals surface area contributed by atoms with Crippen molar-refractivity contribution in [2.24, 2.45) is 0 Å². The highest BCUT2D eigenvalue weighted by Crippen LogP contribution is 2.45. The third kappa shape index (κ3) is 3.25. The Morgan fingerprint density at radius 3 is 1.53 bits per heavy atom. The van der Waals surface area contributed by atoms with Crippen LogP contribution in [0.5, 0.6) is 0 Å². The molecule has 0 saturated heterocycles. The van der Waals surface area contributed by atoms with Gasteiger partial charge in [0.05, 0.1) is 0 Å². The molecule has 7 heteroatoms. The van der Waals surface area contributed by atoms with Gasteiger partial charge in [0.25, 0.3) is 5.60 Å². The van der Waals surface area contributed by atoms with Gasteiger partial charge in [0.1, 0.15) is 0 Å². The van der Waals surface area contributed by atoms with Gasteiger partial charge < -0.3 is 5.11 Å². The molecule has 92 valence electrons. The summed E-state index contributed by atoms with van der Waals surface area (Å²) in [6.45, 7) is 1.64. The van der Waals surface area contributed by atoms with Gasteiger partial charge in [-0.2, -0.15) is 26.3 Å². The molecule has 0 unspecified atom stereocenters. The molecule has 0 aromatic rings. The largest absolute Gasteiger partial charge is 0.426 e. The third-order valence-corrected chi connectivity index (χ3v) is 2.08. The molecule has 0 heterocycles. The Bertz CT molecular complexity index is 180. The van der Waals surface area contributed by atoms with Gasteiger partial charge in [0, 0.05) is 0 Å². The molecule has 0 spiro atoms. The predicted molar refractivity (Wildman–Crippen MR) is 41.2 cm³/mol. The van der Waals surface area contributed by atoms with Gasteiger partial charge in [0.15, 0.2) is 0 Å². The average molecular weight is 238 g/mol. The Morgan fingerprint density at radius 2 is 1.27 bits per heavy atom. The van der Waals surface area contributed by atoms with Crippen LogP contribution in [0.25, 0.3) is 0 Å². The first-order valence-corrected chi connectivity index (χ1v) is 4.42. The van der Waals surface area contributed by atoms with Crippen molar-refractivity contribution in [3.63, 3.8) is 0 Å². The van der Waals surface area contributed by atoms with Crippen LogP contribution >= 0.6 is 0 Å². The van der Waals surface area contributed by atoms with E-state index in [1.165, 1.54) is 0 Å². The van der Waals surface area contributed by atoms with Crippen LogP contribution < -0.4 is 0 Å². The number of rotatable bonds is 4. The minimum atomic E-state index is -5.68. The highest BCUT2D eigenvalue weighted by Gasteiger charge is 2.69. The van der Waals surface area contributed by atoms with E-state index in [0.717, 1.165) is 0 Å². The maximum atomic E-state index is 12.1. The summed E-state index contributed by atoms with van der Waals surface area (Å²) in [6, 6.07) is 0. The van der Waals surface area contributed by atoms with Gasteiger partial charge in [-0.05, 0) is 12.8 Å². The van der Waals surface area contributed by atoms with Crippen LogP contribution in [-0.2, 0) is 0 Å². The molecule has 0 fully saturated rings. The summed E-state index contributed by atoms with van der Waals surface area (Å²) in [6.07, 6.45) is -12.3. The maximum absolute atomic E-state index is 12.1. The van der Waals surface area contributed by atoms with E-state index in [1.807, 2.05) is 0 Å². The molecule has 0 aromatic carbocycles. The molecule has 15 heavy (non-hydrogen) atoms. The number of alkyl halides is 6. The molecule has 0 aliphatic heterocycles. The monoisotopic (exact) mass is 238 g/mol. The van der Waals surface area contributed by atoms with Crippen LogP contribution in [0.2, 0.25) is 0 Å². The minimum Gasteiger partial charge on any atom is -0.374 e. The molecule has 1 N–H and O–H groups in total. The zero-order chi connectivity index (χ0) is 12.3. The Kier molecular flexibility index (Phi) is 4.45. The van der Waals surface area contributed by atoms with E-state index < -0.39 is 24.4 Å². The highest BCUT2D eigenvalue weighted by molar-refractivity contribution is 4.93. The second-order valence-corrected chi connectivity index (χ2v) is 3.31. The van der Waals surface area contributed by atoms with Gasteiger partial charge >= 0.3 is 12.4 Å². The second-order valence-electron chi connectivity index (χ2n) is 3.31. The first-order valence-electron chi connectivity index (χ1n) is 4.42. The lowest BCUT2D eigenvalue weighted by Crippen LogP contribution is -2.56. The summed E-state index contributed by atoms with van der Waals surface area (Å²) >= 11 is 0. The number of aliphatic hydroxyl groups is 1. The number of hydrogen-bond donors (Lipinski definition) is 1. The highest BCUT2D eigenvalue weighted by atomic mass is 19.4. The molecular weight excluding hydrogens is 226 g/mol. The smallest absolute Gasteiger partial charge is 0.374 e. The standard InChI is InChI=1S/C8H12F6O/c1-2-3-4-5-6(15,7(9,10)11)8(12,13)14/h15H,2-5H2,1H3. The molecule has 1 nitrogen and oxygen atoms in total. The van der Waals surface area contributed by atoms with Gasteiger partial charge in [-0.25, -0.2) is 0 Å². The molecule has 0 bridgehead atoms. The molecule has 0 aromatic heterocycles. The molecule has 0 aliphatic carbocycles. The molecular formula is C8H12F6O.